The van der Waals surface area contributed by atoms with Gasteiger partial charge < -0.3 is 5.32 Å². The minimum Gasteiger partial charge on any atom is -0.370 e. The van der Waals surface area contributed by atoms with Gasteiger partial charge in [0.1, 0.15) is 11.6 Å². The van der Waals surface area contributed by atoms with E-state index in [4.69, 9.17) is 11.6 Å². The number of halogens is 1. The molecule has 2 rings (SSSR count). The molecule has 1 N–H and O–H groups in total. The maximum atomic E-state index is 5.87. The van der Waals surface area contributed by atoms with E-state index in [2.05, 4.69) is 15.3 Å². The van der Waals surface area contributed by atoms with E-state index < -0.39 is 0 Å². The smallest absolute Gasteiger partial charge is 0.130 e. The molecular formula is C13H14ClN3. The van der Waals surface area contributed by atoms with Crippen LogP contribution in [0.15, 0.2) is 30.3 Å². The molecule has 0 aliphatic carbocycles. The Morgan fingerprint density at radius 3 is 2.53 bits per heavy atom. The summed E-state index contributed by atoms with van der Waals surface area (Å²) in [6.45, 7) is 4.77. The topological polar surface area (TPSA) is 37.8 Å². The zero-order chi connectivity index (χ0) is 12.3. The van der Waals surface area contributed by atoms with Gasteiger partial charge in [-0.1, -0.05) is 23.7 Å². The highest BCUT2D eigenvalue weighted by Gasteiger charge is 2.03. The van der Waals surface area contributed by atoms with E-state index in [0.29, 0.717) is 0 Å². The zero-order valence-corrected chi connectivity index (χ0v) is 10.6. The fourth-order valence-electron chi connectivity index (χ4n) is 1.61. The molecule has 1 aromatic heterocycles. The lowest BCUT2D eigenvalue weighted by Crippen LogP contribution is -2.02. The molecule has 0 amide bonds. The van der Waals surface area contributed by atoms with Crippen molar-refractivity contribution >= 4 is 17.4 Å². The molecule has 4 heteroatoms. The maximum Gasteiger partial charge on any atom is 0.130 e. The van der Waals surface area contributed by atoms with Gasteiger partial charge in [0.05, 0.1) is 5.69 Å². The number of nitrogens with zero attached hydrogens (tertiary/aromatic N) is 2. The second kappa shape index (κ2) is 5.15. The summed E-state index contributed by atoms with van der Waals surface area (Å²) in [5.74, 6) is 1.61. The number of hydrogen-bond acceptors (Lipinski definition) is 3. The monoisotopic (exact) mass is 247 g/mol. The first-order chi connectivity index (χ1) is 8.19. The number of nitrogens with one attached hydrogen (secondary N) is 1. The summed E-state index contributed by atoms with van der Waals surface area (Å²) in [6.07, 6.45) is 0. The molecule has 0 spiro atoms. The number of hydrogen-bond donors (Lipinski definition) is 1. The van der Waals surface area contributed by atoms with Crippen molar-refractivity contribution in [1.29, 1.82) is 0 Å². The van der Waals surface area contributed by atoms with Crippen LogP contribution in [-0.2, 0) is 0 Å². The van der Waals surface area contributed by atoms with Gasteiger partial charge in [-0.25, -0.2) is 9.97 Å². The Morgan fingerprint density at radius 2 is 1.88 bits per heavy atom. The van der Waals surface area contributed by atoms with Crippen molar-refractivity contribution in [3.05, 3.63) is 41.2 Å². The van der Waals surface area contributed by atoms with E-state index in [1.165, 1.54) is 0 Å². The van der Waals surface area contributed by atoms with Gasteiger partial charge in [0.25, 0.3) is 0 Å². The first-order valence-corrected chi connectivity index (χ1v) is 5.92. The largest absolute Gasteiger partial charge is 0.370 e. The van der Waals surface area contributed by atoms with Crippen molar-refractivity contribution in [2.75, 3.05) is 11.9 Å². The first-order valence-electron chi connectivity index (χ1n) is 5.54. The van der Waals surface area contributed by atoms with Crippen molar-refractivity contribution in [3.63, 3.8) is 0 Å². The van der Waals surface area contributed by atoms with Crippen LogP contribution in [0.3, 0.4) is 0 Å². The number of anilines is 1. The van der Waals surface area contributed by atoms with Crippen LogP contribution in [0.5, 0.6) is 0 Å². The molecule has 17 heavy (non-hydrogen) atoms. The molecule has 1 aromatic carbocycles. The van der Waals surface area contributed by atoms with Gasteiger partial charge in [-0.3, -0.25) is 0 Å². The summed E-state index contributed by atoms with van der Waals surface area (Å²) >= 11 is 5.87. The van der Waals surface area contributed by atoms with E-state index in [1.54, 1.807) is 0 Å². The van der Waals surface area contributed by atoms with Crippen molar-refractivity contribution in [2.24, 2.45) is 0 Å². The third-order valence-electron chi connectivity index (χ3n) is 2.34. The van der Waals surface area contributed by atoms with Crippen LogP contribution in [0.1, 0.15) is 12.7 Å². The fraction of sp³-hybridized carbons (Fsp3) is 0.231. The molecule has 0 aliphatic rings. The second-order valence-corrected chi connectivity index (χ2v) is 4.16. The van der Waals surface area contributed by atoms with Gasteiger partial charge in [0.2, 0.25) is 0 Å². The highest BCUT2D eigenvalue weighted by Crippen LogP contribution is 2.21. The lowest BCUT2D eigenvalue weighted by Gasteiger charge is -2.07. The summed E-state index contributed by atoms with van der Waals surface area (Å²) in [6, 6.07) is 9.59. The van der Waals surface area contributed by atoms with Gasteiger partial charge in [-0.05, 0) is 26.0 Å². The SMILES string of the molecule is CCNc1cc(-c2ccc(Cl)cc2)nc(C)n1. The number of rotatable bonds is 3. The molecule has 0 aliphatic heterocycles. The normalized spacial score (nSPS) is 10.3. The number of aromatic nitrogens is 2. The molecule has 0 bridgehead atoms. The summed E-state index contributed by atoms with van der Waals surface area (Å²) in [5, 5.41) is 3.92. The van der Waals surface area contributed by atoms with Crippen LogP contribution in [0.25, 0.3) is 11.3 Å². The Bertz CT molecular complexity index is 509. The third kappa shape index (κ3) is 2.94. The third-order valence-corrected chi connectivity index (χ3v) is 2.59. The lowest BCUT2D eigenvalue weighted by molar-refractivity contribution is 1.04. The molecule has 0 saturated carbocycles. The molecular weight excluding hydrogens is 234 g/mol. The summed E-state index contributed by atoms with van der Waals surface area (Å²) in [5.41, 5.74) is 1.95. The lowest BCUT2D eigenvalue weighted by atomic mass is 10.1. The molecule has 1 heterocycles. The zero-order valence-electron chi connectivity index (χ0n) is 9.87. The number of aryl methyl sites for hydroxylation is 1. The second-order valence-electron chi connectivity index (χ2n) is 3.72. The predicted molar refractivity (Wildman–Crippen MR) is 71.4 cm³/mol. The van der Waals surface area contributed by atoms with E-state index in [1.807, 2.05) is 44.2 Å². The standard InChI is InChI=1S/C13H14ClN3/c1-3-15-13-8-12(16-9(2)17-13)10-4-6-11(14)7-5-10/h4-8H,3H2,1-2H3,(H,15,16,17). The molecule has 0 fully saturated rings. The highest BCUT2D eigenvalue weighted by molar-refractivity contribution is 6.30. The molecule has 0 unspecified atom stereocenters. The minimum absolute atomic E-state index is 0.728. The van der Waals surface area contributed by atoms with Crippen molar-refractivity contribution in [1.82, 2.24) is 9.97 Å². The minimum atomic E-state index is 0.728. The van der Waals surface area contributed by atoms with Gasteiger partial charge in [-0.2, -0.15) is 0 Å². The first kappa shape index (κ1) is 11.9. The quantitative estimate of drug-likeness (QED) is 0.902. The van der Waals surface area contributed by atoms with Crippen molar-refractivity contribution in [2.45, 2.75) is 13.8 Å². The van der Waals surface area contributed by atoms with E-state index in [-0.39, 0.29) is 0 Å². The molecule has 3 nitrogen and oxygen atoms in total. The van der Waals surface area contributed by atoms with Crippen LogP contribution in [0.2, 0.25) is 5.02 Å². The van der Waals surface area contributed by atoms with Crippen LogP contribution in [0.4, 0.5) is 5.82 Å². The Labute approximate surface area is 106 Å². The Balaban J connectivity index is 2.40. The predicted octanol–water partition coefficient (Wildman–Crippen LogP) is 3.54. The highest BCUT2D eigenvalue weighted by atomic mass is 35.5. The average molecular weight is 248 g/mol. The molecule has 0 atom stereocenters. The Morgan fingerprint density at radius 1 is 1.18 bits per heavy atom. The van der Waals surface area contributed by atoms with Gasteiger partial charge in [0.15, 0.2) is 0 Å². The van der Waals surface area contributed by atoms with Gasteiger partial charge in [0, 0.05) is 23.2 Å². The van der Waals surface area contributed by atoms with Crippen LogP contribution in [-0.4, -0.2) is 16.5 Å². The maximum absolute atomic E-state index is 5.87. The Hall–Kier alpha value is -1.61. The van der Waals surface area contributed by atoms with Gasteiger partial charge in [-0.15, -0.1) is 0 Å². The molecule has 0 saturated heterocycles. The van der Waals surface area contributed by atoms with Crippen LogP contribution < -0.4 is 5.32 Å². The van der Waals surface area contributed by atoms with Crippen LogP contribution >= 0.6 is 11.6 Å². The Kier molecular flexibility index (Phi) is 3.59. The summed E-state index contributed by atoms with van der Waals surface area (Å²) in [4.78, 5) is 8.74. The van der Waals surface area contributed by atoms with Crippen molar-refractivity contribution in [3.8, 4) is 11.3 Å². The van der Waals surface area contributed by atoms with E-state index >= 15 is 0 Å². The summed E-state index contributed by atoms with van der Waals surface area (Å²) < 4.78 is 0. The van der Waals surface area contributed by atoms with E-state index in [0.717, 1.165) is 34.5 Å². The summed E-state index contributed by atoms with van der Waals surface area (Å²) in [7, 11) is 0. The van der Waals surface area contributed by atoms with Crippen molar-refractivity contribution < 1.29 is 0 Å². The molecule has 2 aromatic rings. The van der Waals surface area contributed by atoms with E-state index in [9.17, 15) is 0 Å². The number of benzene rings is 1. The van der Waals surface area contributed by atoms with Crippen LogP contribution in [0, 0.1) is 6.92 Å². The molecule has 0 radical (unpaired) electrons. The average Bonchev–Trinajstić information content (AvgIpc) is 2.29. The van der Waals surface area contributed by atoms with Gasteiger partial charge >= 0.3 is 0 Å². The fourth-order valence-corrected chi connectivity index (χ4v) is 1.73. The molecule has 88 valence electrons.